The second kappa shape index (κ2) is 4.25. The van der Waals surface area contributed by atoms with Crippen LogP contribution in [0.25, 0.3) is 0 Å². The first-order valence-electron chi connectivity index (χ1n) is 5.52. The predicted molar refractivity (Wildman–Crippen MR) is 57.3 cm³/mol. The molecule has 0 amide bonds. The van der Waals surface area contributed by atoms with E-state index in [9.17, 15) is 9.90 Å². The molecule has 0 aliphatic carbocycles. The number of nitrogens with zero attached hydrogens (tertiary/aromatic N) is 2. The Labute approximate surface area is 94.1 Å². The highest BCUT2D eigenvalue weighted by Gasteiger charge is 2.44. The number of hydrogen-bond donors (Lipinski definition) is 1. The van der Waals surface area contributed by atoms with Crippen LogP contribution in [0.3, 0.4) is 0 Å². The zero-order valence-electron chi connectivity index (χ0n) is 9.35. The Balaban J connectivity index is 2.42. The number of imidazole rings is 1. The van der Waals surface area contributed by atoms with Crippen LogP contribution in [0.15, 0.2) is 12.5 Å². The lowest BCUT2D eigenvalue weighted by atomic mass is 9.77. The number of aryl methyl sites for hydroxylation is 1. The van der Waals surface area contributed by atoms with Crippen molar-refractivity contribution >= 4 is 5.97 Å². The molecule has 0 atom stereocenters. The lowest BCUT2D eigenvalue weighted by molar-refractivity contribution is -0.148. The number of carboxylic acid groups (broad SMARTS) is 1. The highest BCUT2D eigenvalue weighted by molar-refractivity contribution is 5.80. The summed E-state index contributed by atoms with van der Waals surface area (Å²) in [7, 11) is 0. The molecule has 1 aromatic heterocycles. The second-order valence-electron chi connectivity index (χ2n) is 4.06. The van der Waals surface area contributed by atoms with E-state index in [4.69, 9.17) is 4.74 Å². The summed E-state index contributed by atoms with van der Waals surface area (Å²) in [6.45, 7) is 3.73. The van der Waals surface area contributed by atoms with Crippen molar-refractivity contribution in [3.05, 3.63) is 18.2 Å². The van der Waals surface area contributed by atoms with E-state index < -0.39 is 11.4 Å². The Morgan fingerprint density at radius 1 is 1.62 bits per heavy atom. The monoisotopic (exact) mass is 224 g/mol. The van der Waals surface area contributed by atoms with Gasteiger partial charge in [-0.05, 0) is 19.8 Å². The summed E-state index contributed by atoms with van der Waals surface area (Å²) in [6.07, 6.45) is 4.40. The molecule has 1 aliphatic heterocycles. The van der Waals surface area contributed by atoms with E-state index in [0.717, 1.165) is 12.2 Å². The van der Waals surface area contributed by atoms with Crippen LogP contribution in [-0.2, 0) is 21.5 Å². The molecule has 0 aromatic carbocycles. The lowest BCUT2D eigenvalue weighted by Gasteiger charge is -2.33. The van der Waals surface area contributed by atoms with Gasteiger partial charge in [-0.2, -0.15) is 0 Å². The molecule has 0 unspecified atom stereocenters. The molecule has 0 bridgehead atoms. The maximum Gasteiger partial charge on any atom is 0.315 e. The van der Waals surface area contributed by atoms with E-state index in [1.165, 1.54) is 0 Å². The molecule has 1 fully saturated rings. The fourth-order valence-corrected chi connectivity index (χ4v) is 2.27. The summed E-state index contributed by atoms with van der Waals surface area (Å²) in [6, 6.07) is 0. The average molecular weight is 224 g/mol. The highest BCUT2D eigenvalue weighted by Crippen LogP contribution is 2.34. The van der Waals surface area contributed by atoms with Gasteiger partial charge in [0.25, 0.3) is 0 Å². The van der Waals surface area contributed by atoms with Crippen molar-refractivity contribution in [2.75, 3.05) is 13.2 Å². The van der Waals surface area contributed by atoms with Gasteiger partial charge in [0.1, 0.15) is 5.41 Å². The van der Waals surface area contributed by atoms with Crippen molar-refractivity contribution in [2.24, 2.45) is 0 Å². The zero-order chi connectivity index (χ0) is 11.6. The molecule has 88 valence electrons. The van der Waals surface area contributed by atoms with E-state index in [2.05, 4.69) is 4.98 Å². The van der Waals surface area contributed by atoms with Gasteiger partial charge in [0.05, 0.1) is 12.0 Å². The molecule has 16 heavy (non-hydrogen) atoms. The van der Waals surface area contributed by atoms with Gasteiger partial charge < -0.3 is 14.4 Å². The number of carbonyl (C=O) groups is 1. The van der Waals surface area contributed by atoms with Crippen LogP contribution >= 0.6 is 0 Å². The number of ether oxygens (including phenoxy) is 1. The number of hydrogen-bond acceptors (Lipinski definition) is 3. The molecule has 1 N–H and O–H groups in total. The Morgan fingerprint density at radius 2 is 2.31 bits per heavy atom. The van der Waals surface area contributed by atoms with Crippen LogP contribution in [0.1, 0.15) is 25.5 Å². The fraction of sp³-hybridized carbons (Fsp3) is 0.636. The molecule has 5 nitrogen and oxygen atoms in total. The maximum atomic E-state index is 11.5. The number of aromatic nitrogens is 2. The van der Waals surface area contributed by atoms with Gasteiger partial charge in [0, 0.05) is 26.0 Å². The maximum absolute atomic E-state index is 11.5. The topological polar surface area (TPSA) is 64.4 Å². The van der Waals surface area contributed by atoms with Crippen LogP contribution in [0.4, 0.5) is 0 Å². The smallest absolute Gasteiger partial charge is 0.315 e. The molecule has 1 aromatic rings. The van der Waals surface area contributed by atoms with Gasteiger partial charge in [-0.15, -0.1) is 0 Å². The van der Waals surface area contributed by atoms with Crippen molar-refractivity contribution in [1.29, 1.82) is 0 Å². The Morgan fingerprint density at radius 3 is 2.88 bits per heavy atom. The molecular formula is C11H16N2O3. The Bertz CT molecular complexity index is 380. The van der Waals surface area contributed by atoms with Crippen molar-refractivity contribution in [2.45, 2.75) is 31.7 Å². The van der Waals surface area contributed by atoms with E-state index in [1.54, 1.807) is 12.5 Å². The Kier molecular flexibility index (Phi) is 2.96. The van der Waals surface area contributed by atoms with Crippen LogP contribution in [0, 0.1) is 0 Å². The van der Waals surface area contributed by atoms with E-state index in [-0.39, 0.29) is 0 Å². The summed E-state index contributed by atoms with van der Waals surface area (Å²) in [5.74, 6) is -0.772. The first kappa shape index (κ1) is 11.1. The molecule has 5 heteroatoms. The minimum absolute atomic E-state index is 0.501. The number of aliphatic carboxylic acids is 1. The zero-order valence-corrected chi connectivity index (χ0v) is 9.35. The normalized spacial score (nSPS) is 19.6. The van der Waals surface area contributed by atoms with Crippen molar-refractivity contribution < 1.29 is 14.6 Å². The lowest BCUT2D eigenvalue weighted by Crippen LogP contribution is -2.42. The van der Waals surface area contributed by atoms with E-state index in [1.807, 2.05) is 11.5 Å². The van der Waals surface area contributed by atoms with Gasteiger partial charge in [0.15, 0.2) is 0 Å². The first-order valence-corrected chi connectivity index (χ1v) is 5.52. The largest absolute Gasteiger partial charge is 0.481 e. The van der Waals surface area contributed by atoms with Crippen molar-refractivity contribution in [3.8, 4) is 0 Å². The van der Waals surface area contributed by atoms with Crippen LogP contribution in [0.5, 0.6) is 0 Å². The standard InChI is InChI=1S/C11H16N2O3/c1-2-13-8-12-7-9(13)11(10(14)15)3-5-16-6-4-11/h7-8H,2-6H2,1H3,(H,14,15). The van der Waals surface area contributed by atoms with Gasteiger partial charge in [-0.25, -0.2) is 4.98 Å². The second-order valence-corrected chi connectivity index (χ2v) is 4.06. The third kappa shape index (κ3) is 1.61. The minimum atomic E-state index is -0.815. The van der Waals surface area contributed by atoms with E-state index in [0.29, 0.717) is 26.1 Å². The van der Waals surface area contributed by atoms with Crippen LogP contribution in [-0.4, -0.2) is 33.8 Å². The predicted octanol–water partition coefficient (Wildman–Crippen LogP) is 1.04. The molecule has 1 saturated heterocycles. The van der Waals surface area contributed by atoms with Gasteiger partial charge in [-0.3, -0.25) is 4.79 Å². The fourth-order valence-electron chi connectivity index (χ4n) is 2.27. The molecule has 0 radical (unpaired) electrons. The van der Waals surface area contributed by atoms with Gasteiger partial charge in [-0.1, -0.05) is 0 Å². The SMILES string of the molecule is CCn1cncc1C1(C(=O)O)CCOCC1. The number of carboxylic acids is 1. The highest BCUT2D eigenvalue weighted by atomic mass is 16.5. The first-order chi connectivity index (χ1) is 7.70. The summed E-state index contributed by atoms with van der Waals surface area (Å²) >= 11 is 0. The number of rotatable bonds is 3. The van der Waals surface area contributed by atoms with Crippen molar-refractivity contribution in [1.82, 2.24) is 9.55 Å². The minimum Gasteiger partial charge on any atom is -0.481 e. The summed E-state index contributed by atoms with van der Waals surface area (Å²) in [5, 5.41) is 9.48. The molecule has 1 aliphatic rings. The van der Waals surface area contributed by atoms with Crippen molar-refractivity contribution in [3.63, 3.8) is 0 Å². The Hall–Kier alpha value is -1.36. The average Bonchev–Trinajstić information content (AvgIpc) is 2.78. The molecule has 2 rings (SSSR count). The third-order valence-corrected chi connectivity index (χ3v) is 3.30. The molecule has 0 spiro atoms. The van der Waals surface area contributed by atoms with E-state index >= 15 is 0 Å². The third-order valence-electron chi connectivity index (χ3n) is 3.30. The summed E-state index contributed by atoms with van der Waals surface area (Å²) in [5.41, 5.74) is -0.0177. The molecule has 2 heterocycles. The van der Waals surface area contributed by atoms with Gasteiger partial charge in [0.2, 0.25) is 0 Å². The van der Waals surface area contributed by atoms with Crippen LogP contribution in [0.2, 0.25) is 0 Å². The summed E-state index contributed by atoms with van der Waals surface area (Å²) < 4.78 is 7.16. The molecule has 0 saturated carbocycles. The quantitative estimate of drug-likeness (QED) is 0.833. The summed E-state index contributed by atoms with van der Waals surface area (Å²) in [4.78, 5) is 15.6. The molecular weight excluding hydrogens is 208 g/mol. The van der Waals surface area contributed by atoms with Gasteiger partial charge >= 0.3 is 5.97 Å². The van der Waals surface area contributed by atoms with Crippen LogP contribution < -0.4 is 0 Å².